The van der Waals surface area contributed by atoms with Crippen molar-refractivity contribution in [2.45, 2.75) is 52.4 Å². The highest BCUT2D eigenvalue weighted by atomic mass is 16.3. The van der Waals surface area contributed by atoms with Crippen molar-refractivity contribution in [2.75, 3.05) is 5.43 Å². The summed E-state index contributed by atoms with van der Waals surface area (Å²) in [5, 5.41) is 16.2. The van der Waals surface area contributed by atoms with Gasteiger partial charge in [-0.05, 0) is 40.2 Å². The number of aromatic nitrogens is 1. The summed E-state index contributed by atoms with van der Waals surface area (Å²) < 4.78 is 0. The minimum absolute atomic E-state index is 0.0416. The molecule has 2 N–H and O–H groups in total. The van der Waals surface area contributed by atoms with Gasteiger partial charge in [0.25, 0.3) is 0 Å². The minimum Gasteiger partial charge on any atom is -0.507 e. The van der Waals surface area contributed by atoms with Gasteiger partial charge < -0.3 is 5.11 Å². The van der Waals surface area contributed by atoms with Crippen LogP contribution in [0, 0.1) is 0 Å². The SMILES string of the molecule is CC(C)(C)c1cc(O)c(/C=N\Nc2cccc3cccnc23)c(C(C)(C)C)c1. The van der Waals surface area contributed by atoms with Gasteiger partial charge in [0.2, 0.25) is 0 Å². The second-order valence-electron chi connectivity index (χ2n) is 9.21. The first kappa shape index (κ1) is 19.9. The number of anilines is 1. The van der Waals surface area contributed by atoms with Crippen LogP contribution in [-0.4, -0.2) is 16.3 Å². The van der Waals surface area contributed by atoms with Gasteiger partial charge in [0.1, 0.15) is 5.75 Å². The fourth-order valence-corrected chi connectivity index (χ4v) is 3.19. The van der Waals surface area contributed by atoms with Crippen molar-refractivity contribution >= 4 is 22.8 Å². The summed E-state index contributed by atoms with van der Waals surface area (Å²) in [6.45, 7) is 12.9. The van der Waals surface area contributed by atoms with Crippen LogP contribution >= 0.6 is 0 Å². The lowest BCUT2D eigenvalue weighted by molar-refractivity contribution is 0.464. The van der Waals surface area contributed by atoms with E-state index < -0.39 is 0 Å². The molecule has 0 aliphatic rings. The number of para-hydroxylation sites is 1. The van der Waals surface area contributed by atoms with E-state index in [0.717, 1.165) is 33.3 Å². The number of benzene rings is 2. The summed E-state index contributed by atoms with van der Waals surface area (Å²) >= 11 is 0. The van der Waals surface area contributed by atoms with Crippen LogP contribution in [0.2, 0.25) is 0 Å². The van der Waals surface area contributed by atoms with E-state index in [1.54, 1.807) is 12.4 Å². The van der Waals surface area contributed by atoms with Gasteiger partial charge in [-0.2, -0.15) is 5.10 Å². The van der Waals surface area contributed by atoms with Gasteiger partial charge in [-0.25, -0.2) is 0 Å². The lowest BCUT2D eigenvalue weighted by atomic mass is 9.78. The van der Waals surface area contributed by atoms with Crippen LogP contribution in [0.15, 0.2) is 53.8 Å². The van der Waals surface area contributed by atoms with Crippen molar-refractivity contribution in [2.24, 2.45) is 5.10 Å². The standard InChI is InChI=1S/C24H29N3O/c1-23(2,3)17-13-19(24(4,5)6)18(21(28)14-17)15-26-27-20-11-7-9-16-10-8-12-25-22(16)20/h7-15,27-28H,1-6H3/b26-15-. The summed E-state index contributed by atoms with van der Waals surface area (Å²) in [5.41, 5.74) is 7.53. The molecule has 1 aromatic heterocycles. The first-order chi connectivity index (χ1) is 13.1. The Morgan fingerprint density at radius 2 is 1.68 bits per heavy atom. The van der Waals surface area contributed by atoms with E-state index in [0.29, 0.717) is 0 Å². The maximum atomic E-state index is 10.7. The lowest BCUT2D eigenvalue weighted by Gasteiger charge is -2.27. The molecule has 0 aliphatic heterocycles. The Labute approximate surface area is 167 Å². The van der Waals surface area contributed by atoms with Crippen molar-refractivity contribution < 1.29 is 5.11 Å². The molecule has 3 rings (SSSR count). The number of hydrazone groups is 1. The molecule has 2 aromatic carbocycles. The van der Waals surface area contributed by atoms with E-state index in [1.807, 2.05) is 36.4 Å². The molecule has 0 radical (unpaired) electrons. The number of fused-ring (bicyclic) bond motifs is 1. The Morgan fingerprint density at radius 1 is 0.964 bits per heavy atom. The third-order valence-corrected chi connectivity index (χ3v) is 4.84. The number of hydrogen-bond donors (Lipinski definition) is 2. The molecular formula is C24H29N3O. The zero-order valence-electron chi connectivity index (χ0n) is 17.5. The van der Waals surface area contributed by atoms with Crippen LogP contribution in [0.5, 0.6) is 5.75 Å². The van der Waals surface area contributed by atoms with Gasteiger partial charge in [0, 0.05) is 17.1 Å². The van der Waals surface area contributed by atoms with E-state index in [2.05, 4.69) is 63.1 Å². The van der Waals surface area contributed by atoms with Gasteiger partial charge in [-0.3, -0.25) is 10.4 Å². The Kier molecular flexibility index (Phi) is 5.16. The van der Waals surface area contributed by atoms with Crippen LogP contribution in [0.25, 0.3) is 10.9 Å². The van der Waals surface area contributed by atoms with E-state index in [-0.39, 0.29) is 16.6 Å². The van der Waals surface area contributed by atoms with Crippen molar-refractivity contribution in [3.05, 3.63) is 65.4 Å². The highest BCUT2D eigenvalue weighted by molar-refractivity contribution is 5.91. The number of phenolic OH excluding ortho intramolecular Hbond substituents is 1. The van der Waals surface area contributed by atoms with Gasteiger partial charge in [0.15, 0.2) is 0 Å². The fourth-order valence-electron chi connectivity index (χ4n) is 3.19. The normalized spacial score (nSPS) is 12.6. The highest BCUT2D eigenvalue weighted by Crippen LogP contribution is 2.35. The van der Waals surface area contributed by atoms with Crippen molar-refractivity contribution in [3.8, 4) is 5.75 Å². The summed E-state index contributed by atoms with van der Waals surface area (Å²) in [7, 11) is 0. The topological polar surface area (TPSA) is 57.5 Å². The van der Waals surface area contributed by atoms with Crippen LogP contribution in [0.3, 0.4) is 0 Å². The average Bonchev–Trinajstić information content (AvgIpc) is 2.61. The van der Waals surface area contributed by atoms with E-state index in [9.17, 15) is 5.11 Å². The zero-order chi connectivity index (χ0) is 20.5. The number of rotatable bonds is 3. The van der Waals surface area contributed by atoms with Gasteiger partial charge in [-0.15, -0.1) is 0 Å². The lowest BCUT2D eigenvalue weighted by Crippen LogP contribution is -2.18. The molecule has 0 fully saturated rings. The van der Waals surface area contributed by atoms with Crippen LogP contribution in [0.1, 0.15) is 58.2 Å². The Morgan fingerprint density at radius 3 is 2.36 bits per heavy atom. The Bertz CT molecular complexity index is 1020. The second kappa shape index (κ2) is 7.27. The number of pyridine rings is 1. The monoisotopic (exact) mass is 375 g/mol. The number of nitrogens with zero attached hydrogens (tertiary/aromatic N) is 2. The predicted octanol–water partition coefficient (Wildman–Crippen LogP) is 5.98. The third kappa shape index (κ3) is 4.16. The van der Waals surface area contributed by atoms with E-state index >= 15 is 0 Å². The zero-order valence-corrected chi connectivity index (χ0v) is 17.5. The van der Waals surface area contributed by atoms with Crippen LogP contribution in [-0.2, 0) is 10.8 Å². The summed E-state index contributed by atoms with van der Waals surface area (Å²) in [6.07, 6.45) is 3.47. The first-order valence-corrected chi connectivity index (χ1v) is 9.58. The summed E-state index contributed by atoms with van der Waals surface area (Å²) in [5.74, 6) is 0.249. The maximum Gasteiger partial charge on any atom is 0.125 e. The molecule has 4 nitrogen and oxygen atoms in total. The number of nitrogens with one attached hydrogen (secondary N) is 1. The molecule has 28 heavy (non-hydrogen) atoms. The quantitative estimate of drug-likeness (QED) is 0.437. The molecule has 0 aliphatic carbocycles. The van der Waals surface area contributed by atoms with Gasteiger partial charge >= 0.3 is 0 Å². The third-order valence-electron chi connectivity index (χ3n) is 4.84. The second-order valence-corrected chi connectivity index (χ2v) is 9.21. The van der Waals surface area contributed by atoms with Crippen LogP contribution < -0.4 is 5.43 Å². The van der Waals surface area contributed by atoms with E-state index in [4.69, 9.17) is 0 Å². The molecule has 4 heteroatoms. The number of aromatic hydroxyl groups is 1. The number of hydrogen-bond acceptors (Lipinski definition) is 4. The molecule has 1 heterocycles. The molecule has 0 spiro atoms. The molecule has 146 valence electrons. The molecule has 0 atom stereocenters. The molecule has 0 unspecified atom stereocenters. The average molecular weight is 376 g/mol. The van der Waals surface area contributed by atoms with Crippen molar-refractivity contribution in [3.63, 3.8) is 0 Å². The van der Waals surface area contributed by atoms with Crippen LogP contribution in [0.4, 0.5) is 5.69 Å². The largest absolute Gasteiger partial charge is 0.507 e. The fraction of sp³-hybridized carbons (Fsp3) is 0.333. The maximum absolute atomic E-state index is 10.7. The summed E-state index contributed by atoms with van der Waals surface area (Å²) in [4.78, 5) is 4.43. The van der Waals surface area contributed by atoms with Crippen molar-refractivity contribution in [1.82, 2.24) is 4.98 Å². The molecule has 0 saturated heterocycles. The first-order valence-electron chi connectivity index (χ1n) is 9.58. The van der Waals surface area contributed by atoms with Gasteiger partial charge in [0.05, 0.1) is 17.4 Å². The molecular weight excluding hydrogens is 346 g/mol. The Hall–Kier alpha value is -2.88. The van der Waals surface area contributed by atoms with E-state index in [1.165, 1.54) is 0 Å². The molecule has 3 aromatic rings. The number of phenols is 1. The van der Waals surface area contributed by atoms with Crippen molar-refractivity contribution in [1.29, 1.82) is 0 Å². The predicted molar refractivity (Wildman–Crippen MR) is 118 cm³/mol. The Balaban J connectivity index is 1.99. The van der Waals surface area contributed by atoms with Gasteiger partial charge in [-0.1, -0.05) is 65.8 Å². The minimum atomic E-state index is -0.124. The highest BCUT2D eigenvalue weighted by Gasteiger charge is 2.24. The molecule has 0 saturated carbocycles. The summed E-state index contributed by atoms with van der Waals surface area (Å²) in [6, 6.07) is 13.9. The smallest absolute Gasteiger partial charge is 0.125 e. The molecule has 0 amide bonds. The molecule has 0 bridgehead atoms.